The second-order valence-electron chi connectivity index (χ2n) is 8.59. The molecule has 0 saturated carbocycles. The molecule has 0 bridgehead atoms. The van der Waals surface area contributed by atoms with Gasteiger partial charge in [0.2, 0.25) is 10.0 Å². The number of nitrogens with zero attached hydrogens (tertiary/aromatic N) is 5. The molecule has 12 heteroatoms. The van der Waals surface area contributed by atoms with Gasteiger partial charge in [-0.2, -0.15) is 10.1 Å². The van der Waals surface area contributed by atoms with E-state index in [1.807, 2.05) is 19.9 Å². The van der Waals surface area contributed by atoms with E-state index in [0.29, 0.717) is 29.3 Å². The van der Waals surface area contributed by atoms with Crippen molar-refractivity contribution in [1.29, 1.82) is 0 Å². The highest BCUT2D eigenvalue weighted by molar-refractivity contribution is 7.92. The molecule has 11 nitrogen and oxygen atoms in total. The summed E-state index contributed by atoms with van der Waals surface area (Å²) in [5.74, 6) is 0.0779. The molecule has 3 aromatic rings. The van der Waals surface area contributed by atoms with Crippen LogP contribution in [0, 0.1) is 13.8 Å². The number of nitrogens with two attached hydrogens (primary N) is 2. The largest absolute Gasteiger partial charge is 0.370 e. The SMILES string of the molecule is Cc1ccc(NS(C)(=O)=O)c(C(=O)N2CCCCC2c2cc3nc(N=C(N)N)c(C)cn3n2)c1. The summed E-state index contributed by atoms with van der Waals surface area (Å²) in [6.07, 6.45) is 5.37. The molecule has 1 aliphatic heterocycles. The Hall–Kier alpha value is -3.67. The van der Waals surface area contributed by atoms with Crippen molar-refractivity contribution in [2.24, 2.45) is 16.5 Å². The van der Waals surface area contributed by atoms with Gasteiger partial charge in [-0.25, -0.2) is 17.9 Å². The molecule has 0 aliphatic carbocycles. The Morgan fingerprint density at radius 2 is 1.97 bits per heavy atom. The van der Waals surface area contributed by atoms with E-state index < -0.39 is 10.0 Å². The minimum absolute atomic E-state index is 0.0830. The lowest BCUT2D eigenvalue weighted by Crippen LogP contribution is -2.39. The van der Waals surface area contributed by atoms with Gasteiger partial charge in [0.15, 0.2) is 17.4 Å². The molecule has 5 N–H and O–H groups in total. The van der Waals surface area contributed by atoms with E-state index >= 15 is 0 Å². The lowest BCUT2D eigenvalue weighted by atomic mass is 9.97. The highest BCUT2D eigenvalue weighted by atomic mass is 32.2. The number of hydrogen-bond donors (Lipinski definition) is 3. The van der Waals surface area contributed by atoms with Crippen molar-refractivity contribution in [1.82, 2.24) is 19.5 Å². The smallest absolute Gasteiger partial charge is 0.256 e. The molecule has 1 amide bonds. The highest BCUT2D eigenvalue weighted by Gasteiger charge is 2.32. The number of rotatable bonds is 5. The molecule has 4 rings (SSSR count). The molecule has 2 aromatic heterocycles. The summed E-state index contributed by atoms with van der Waals surface area (Å²) in [6, 6.07) is 6.64. The summed E-state index contributed by atoms with van der Waals surface area (Å²) in [6.45, 7) is 4.23. The average molecular weight is 485 g/mol. The molecule has 1 aliphatic rings. The van der Waals surface area contributed by atoms with Crippen LogP contribution in [0.4, 0.5) is 11.5 Å². The van der Waals surface area contributed by atoms with Gasteiger partial charge in [-0.3, -0.25) is 9.52 Å². The predicted octanol–water partition coefficient (Wildman–Crippen LogP) is 1.99. The van der Waals surface area contributed by atoms with E-state index in [9.17, 15) is 13.2 Å². The van der Waals surface area contributed by atoms with Gasteiger partial charge < -0.3 is 16.4 Å². The van der Waals surface area contributed by atoms with Gasteiger partial charge in [-0.15, -0.1) is 0 Å². The number of aryl methyl sites for hydroxylation is 2. The summed E-state index contributed by atoms with van der Waals surface area (Å²) >= 11 is 0. The number of carbonyl (C=O) groups excluding carboxylic acids is 1. The van der Waals surface area contributed by atoms with Crippen molar-refractivity contribution in [3.8, 4) is 0 Å². The molecule has 3 heterocycles. The average Bonchev–Trinajstić information content (AvgIpc) is 3.16. The zero-order chi connectivity index (χ0) is 24.6. The Balaban J connectivity index is 1.73. The topological polar surface area (TPSA) is 161 Å². The molecule has 1 aromatic carbocycles. The van der Waals surface area contributed by atoms with Gasteiger partial charge in [0.1, 0.15) is 0 Å². The van der Waals surface area contributed by atoms with Crippen molar-refractivity contribution in [3.63, 3.8) is 0 Å². The number of anilines is 1. The number of piperidine rings is 1. The van der Waals surface area contributed by atoms with Gasteiger partial charge in [0.25, 0.3) is 5.91 Å². The van der Waals surface area contributed by atoms with Gasteiger partial charge in [0, 0.05) is 24.4 Å². The Bertz CT molecular complexity index is 1390. The molecule has 34 heavy (non-hydrogen) atoms. The van der Waals surface area contributed by atoms with E-state index in [4.69, 9.17) is 11.5 Å². The van der Waals surface area contributed by atoms with Crippen LogP contribution in [0.15, 0.2) is 35.5 Å². The van der Waals surface area contributed by atoms with Crippen molar-refractivity contribution in [3.05, 3.63) is 52.8 Å². The number of likely N-dealkylation sites (tertiary alicyclic amines) is 1. The maximum absolute atomic E-state index is 13.7. The predicted molar refractivity (Wildman–Crippen MR) is 130 cm³/mol. The Kier molecular flexibility index (Phi) is 6.17. The fourth-order valence-corrected chi connectivity index (χ4v) is 4.76. The summed E-state index contributed by atoms with van der Waals surface area (Å²) in [5, 5.41) is 4.68. The quantitative estimate of drug-likeness (QED) is 0.368. The monoisotopic (exact) mass is 484 g/mol. The standard InChI is InChI=1S/C22H28N8O3S/c1-13-7-8-16(28-34(3,32)33)15(10-13)21(31)29-9-5-4-6-18(29)17-11-19-25-20(26-22(23)24)14(2)12-30(19)27-17/h7-8,10-12,18,28H,4-6,9H2,1-3H3,(H4,23,24,25,26). The molecule has 1 atom stereocenters. The molecule has 1 unspecified atom stereocenters. The van der Waals surface area contributed by atoms with Crippen LogP contribution in [-0.2, 0) is 10.0 Å². The van der Waals surface area contributed by atoms with Crippen LogP contribution >= 0.6 is 0 Å². The Labute approximate surface area is 197 Å². The highest BCUT2D eigenvalue weighted by Crippen LogP contribution is 2.34. The van der Waals surface area contributed by atoms with E-state index in [1.54, 1.807) is 33.8 Å². The van der Waals surface area contributed by atoms with E-state index in [0.717, 1.165) is 36.6 Å². The molecular formula is C22H28N8O3S. The minimum atomic E-state index is -3.55. The fourth-order valence-electron chi connectivity index (χ4n) is 4.18. The number of aromatic nitrogens is 3. The van der Waals surface area contributed by atoms with Crippen molar-refractivity contribution in [2.75, 3.05) is 17.5 Å². The third kappa shape index (κ3) is 4.96. The fraction of sp³-hybridized carbons (Fsp3) is 0.364. The van der Waals surface area contributed by atoms with Gasteiger partial charge in [-0.05, 0) is 45.2 Å². The van der Waals surface area contributed by atoms with Crippen molar-refractivity contribution < 1.29 is 13.2 Å². The summed E-state index contributed by atoms with van der Waals surface area (Å²) < 4.78 is 27.8. The second kappa shape index (κ2) is 8.93. The first kappa shape index (κ1) is 23.5. The number of carbonyl (C=O) groups is 1. The number of hydrogen-bond acceptors (Lipinski definition) is 6. The van der Waals surface area contributed by atoms with Crippen molar-refractivity contribution >= 4 is 39.0 Å². The molecule has 0 spiro atoms. The Morgan fingerprint density at radius 1 is 1.21 bits per heavy atom. The number of aliphatic imine (C=N–C) groups is 1. The third-order valence-electron chi connectivity index (χ3n) is 5.66. The molecular weight excluding hydrogens is 456 g/mol. The summed E-state index contributed by atoms with van der Waals surface area (Å²) in [7, 11) is -3.55. The van der Waals surface area contributed by atoms with Crippen LogP contribution in [0.2, 0.25) is 0 Å². The lowest BCUT2D eigenvalue weighted by molar-refractivity contribution is 0.0606. The lowest BCUT2D eigenvalue weighted by Gasteiger charge is -2.35. The van der Waals surface area contributed by atoms with Crippen LogP contribution in [0.3, 0.4) is 0 Å². The molecule has 0 radical (unpaired) electrons. The number of guanidine groups is 1. The maximum Gasteiger partial charge on any atom is 0.256 e. The summed E-state index contributed by atoms with van der Waals surface area (Å²) in [4.78, 5) is 24.0. The first-order valence-electron chi connectivity index (χ1n) is 10.9. The van der Waals surface area contributed by atoms with Gasteiger partial charge >= 0.3 is 0 Å². The van der Waals surface area contributed by atoms with E-state index in [2.05, 4.69) is 19.8 Å². The molecule has 180 valence electrons. The van der Waals surface area contributed by atoms with Gasteiger partial charge in [-0.1, -0.05) is 11.6 Å². The van der Waals surface area contributed by atoms with Crippen LogP contribution in [0.1, 0.15) is 52.5 Å². The maximum atomic E-state index is 13.7. The van der Waals surface area contributed by atoms with Crippen LogP contribution in [-0.4, -0.2) is 52.6 Å². The van der Waals surface area contributed by atoms with Crippen LogP contribution in [0.5, 0.6) is 0 Å². The van der Waals surface area contributed by atoms with Gasteiger partial charge in [0.05, 0.1) is 29.2 Å². The van der Waals surface area contributed by atoms with Crippen molar-refractivity contribution in [2.45, 2.75) is 39.2 Å². The number of sulfonamides is 1. The molecule has 1 fully saturated rings. The second-order valence-corrected chi connectivity index (χ2v) is 10.3. The third-order valence-corrected chi connectivity index (χ3v) is 6.26. The zero-order valence-corrected chi connectivity index (χ0v) is 20.1. The van der Waals surface area contributed by atoms with E-state index in [-0.39, 0.29) is 23.6 Å². The summed E-state index contributed by atoms with van der Waals surface area (Å²) in [5.41, 5.74) is 14.5. The number of fused-ring (bicyclic) bond motifs is 1. The van der Waals surface area contributed by atoms with E-state index in [1.165, 1.54) is 0 Å². The number of nitrogens with one attached hydrogen (secondary N) is 1. The first-order valence-corrected chi connectivity index (χ1v) is 12.8. The number of benzene rings is 1. The van der Waals surface area contributed by atoms with Crippen LogP contribution in [0.25, 0.3) is 5.65 Å². The normalized spacial score (nSPS) is 16.4. The van der Waals surface area contributed by atoms with Crippen LogP contribution < -0.4 is 16.2 Å². The Morgan fingerprint density at radius 3 is 2.68 bits per heavy atom. The minimum Gasteiger partial charge on any atom is -0.370 e. The number of amides is 1. The first-order chi connectivity index (χ1) is 16.0. The molecule has 1 saturated heterocycles. The zero-order valence-electron chi connectivity index (χ0n) is 19.3.